The summed E-state index contributed by atoms with van der Waals surface area (Å²) in [6.45, 7) is 5.98. The van der Waals surface area contributed by atoms with Gasteiger partial charge in [0.25, 0.3) is 11.1 Å². The number of anilines is 1. The first-order valence-corrected chi connectivity index (χ1v) is 7.17. The van der Waals surface area contributed by atoms with Crippen LogP contribution in [0.15, 0.2) is 41.9 Å². The Bertz CT molecular complexity index is 839. The van der Waals surface area contributed by atoms with Crippen LogP contribution in [0.5, 0.6) is 0 Å². The van der Waals surface area contributed by atoms with Crippen LogP contribution < -0.4 is 4.90 Å². The molecule has 1 aliphatic heterocycles. The van der Waals surface area contributed by atoms with E-state index in [-0.39, 0.29) is 16.1 Å². The molecule has 1 aromatic heterocycles. The third-order valence-corrected chi connectivity index (χ3v) is 4.07. The second-order valence-corrected chi connectivity index (χ2v) is 5.56. The number of imide groups is 1. The molecule has 2 heterocycles. The minimum atomic E-state index is -0.349. The lowest BCUT2D eigenvalue weighted by Crippen LogP contribution is -2.27. The van der Waals surface area contributed by atoms with Gasteiger partial charge in [0.2, 0.25) is 0 Å². The second kappa shape index (κ2) is 5.15. The lowest BCUT2D eigenvalue weighted by molar-refractivity contribution is -0.113. The van der Waals surface area contributed by atoms with Gasteiger partial charge in [-0.3, -0.25) is 9.59 Å². The molecule has 1 aliphatic rings. The molecular formula is C16H12N2O2S. The number of benzene rings is 1. The Hall–Kier alpha value is -2.45. The summed E-state index contributed by atoms with van der Waals surface area (Å²) < 4.78 is 1.99. The molecule has 0 atom stereocenters. The first-order valence-electron chi connectivity index (χ1n) is 6.36. The Morgan fingerprint density at radius 3 is 2.76 bits per heavy atom. The maximum atomic E-state index is 12.1. The van der Waals surface area contributed by atoms with Crippen LogP contribution in [0.4, 0.5) is 10.5 Å². The molecule has 3 rings (SSSR count). The van der Waals surface area contributed by atoms with Crippen molar-refractivity contribution in [2.75, 3.05) is 4.90 Å². The van der Waals surface area contributed by atoms with Crippen LogP contribution in [0, 0.1) is 11.8 Å². The molecule has 0 saturated carbocycles. The van der Waals surface area contributed by atoms with Crippen LogP contribution in [0.25, 0.3) is 10.9 Å². The number of amides is 2. The Morgan fingerprint density at radius 1 is 1.29 bits per heavy atom. The average Bonchev–Trinajstić information content (AvgIpc) is 2.99. The lowest BCUT2D eigenvalue weighted by Gasteiger charge is -2.14. The fourth-order valence-electron chi connectivity index (χ4n) is 2.31. The Kier molecular flexibility index (Phi) is 3.32. The van der Waals surface area contributed by atoms with Crippen molar-refractivity contribution in [2.24, 2.45) is 0 Å². The van der Waals surface area contributed by atoms with Gasteiger partial charge in [0.1, 0.15) is 0 Å². The van der Waals surface area contributed by atoms with E-state index in [9.17, 15) is 9.59 Å². The van der Waals surface area contributed by atoms with Crippen molar-refractivity contribution in [3.8, 4) is 11.8 Å². The predicted molar refractivity (Wildman–Crippen MR) is 85.0 cm³/mol. The standard InChI is InChI=1S/C16H12N2O2S/c1-3-4-9-17-10-8-12-13(17)6-5-7-14(12)18-15(19)11(2)21-16(18)20/h5-8,10H,2,9H2,1H3. The summed E-state index contributed by atoms with van der Waals surface area (Å²) >= 11 is 0.875. The highest BCUT2D eigenvalue weighted by atomic mass is 32.2. The van der Waals surface area contributed by atoms with Gasteiger partial charge >= 0.3 is 0 Å². The molecule has 0 unspecified atom stereocenters. The molecule has 5 heteroatoms. The average molecular weight is 296 g/mol. The first kappa shape index (κ1) is 13.5. The van der Waals surface area contributed by atoms with Crippen molar-refractivity contribution in [3.05, 3.63) is 41.9 Å². The number of fused-ring (bicyclic) bond motifs is 1. The highest BCUT2D eigenvalue weighted by molar-refractivity contribution is 8.18. The van der Waals surface area contributed by atoms with Gasteiger partial charge in [-0.1, -0.05) is 18.6 Å². The molecule has 2 aromatic rings. The number of hydrogen-bond acceptors (Lipinski definition) is 3. The summed E-state index contributed by atoms with van der Waals surface area (Å²) in [6.07, 6.45) is 1.91. The third kappa shape index (κ3) is 2.14. The zero-order valence-corrected chi connectivity index (χ0v) is 12.2. The molecule has 0 bridgehead atoms. The first-order chi connectivity index (χ1) is 10.1. The van der Waals surface area contributed by atoms with Gasteiger partial charge in [-0.15, -0.1) is 5.92 Å². The normalized spacial score (nSPS) is 14.7. The number of rotatable bonds is 2. The van der Waals surface area contributed by atoms with E-state index in [0.717, 1.165) is 22.7 Å². The van der Waals surface area contributed by atoms with Crippen molar-refractivity contribution in [2.45, 2.75) is 13.5 Å². The minimum Gasteiger partial charge on any atom is -0.336 e. The van der Waals surface area contributed by atoms with E-state index in [1.54, 1.807) is 13.0 Å². The predicted octanol–water partition coefficient (Wildman–Crippen LogP) is 3.38. The molecule has 4 nitrogen and oxygen atoms in total. The van der Waals surface area contributed by atoms with Crippen LogP contribution >= 0.6 is 11.8 Å². The number of nitrogens with zero attached hydrogens (tertiary/aromatic N) is 2. The zero-order chi connectivity index (χ0) is 15.0. The maximum absolute atomic E-state index is 12.1. The Labute approximate surface area is 126 Å². The van der Waals surface area contributed by atoms with Gasteiger partial charge in [-0.2, -0.15) is 0 Å². The van der Waals surface area contributed by atoms with Crippen LogP contribution in [-0.4, -0.2) is 15.7 Å². The zero-order valence-electron chi connectivity index (χ0n) is 11.4. The molecule has 0 spiro atoms. The van der Waals surface area contributed by atoms with Gasteiger partial charge in [-0.05, 0) is 36.9 Å². The van der Waals surface area contributed by atoms with E-state index < -0.39 is 0 Å². The van der Waals surface area contributed by atoms with Crippen molar-refractivity contribution in [3.63, 3.8) is 0 Å². The van der Waals surface area contributed by atoms with Gasteiger partial charge in [0.15, 0.2) is 0 Å². The van der Waals surface area contributed by atoms with Crippen molar-refractivity contribution >= 4 is 39.5 Å². The van der Waals surface area contributed by atoms with Crippen LogP contribution in [0.2, 0.25) is 0 Å². The van der Waals surface area contributed by atoms with E-state index in [2.05, 4.69) is 18.4 Å². The molecule has 2 amide bonds. The van der Waals surface area contributed by atoms with E-state index in [0.29, 0.717) is 12.2 Å². The molecule has 1 fully saturated rings. The summed E-state index contributed by atoms with van der Waals surface area (Å²) in [5.74, 6) is 5.51. The van der Waals surface area contributed by atoms with Gasteiger partial charge in [-0.25, -0.2) is 4.90 Å². The van der Waals surface area contributed by atoms with Gasteiger partial charge in [0.05, 0.1) is 22.7 Å². The van der Waals surface area contributed by atoms with Crippen molar-refractivity contribution in [1.82, 2.24) is 4.57 Å². The monoisotopic (exact) mass is 296 g/mol. The highest BCUT2D eigenvalue weighted by Crippen LogP contribution is 2.37. The molecule has 0 radical (unpaired) electrons. The summed E-state index contributed by atoms with van der Waals surface area (Å²) in [6, 6.07) is 7.45. The minimum absolute atomic E-state index is 0.258. The summed E-state index contributed by atoms with van der Waals surface area (Å²) in [4.78, 5) is 25.5. The molecule has 0 N–H and O–H groups in total. The summed E-state index contributed by atoms with van der Waals surface area (Å²) in [5, 5.41) is 0.547. The molecular weight excluding hydrogens is 284 g/mol. The van der Waals surface area contributed by atoms with Gasteiger partial charge < -0.3 is 4.57 Å². The van der Waals surface area contributed by atoms with E-state index in [1.807, 2.05) is 29.0 Å². The highest BCUT2D eigenvalue weighted by Gasteiger charge is 2.35. The number of hydrogen-bond donors (Lipinski definition) is 0. The van der Waals surface area contributed by atoms with E-state index >= 15 is 0 Å². The SMILES string of the molecule is C=C1SC(=O)N(c2cccc3c2ccn3CC#CC)C1=O. The van der Waals surface area contributed by atoms with E-state index in [4.69, 9.17) is 0 Å². The van der Waals surface area contributed by atoms with E-state index in [1.165, 1.54) is 4.90 Å². The van der Waals surface area contributed by atoms with Gasteiger partial charge in [0, 0.05) is 11.6 Å². The fraction of sp³-hybridized carbons (Fsp3) is 0.125. The number of thioether (sulfide) groups is 1. The van der Waals surface area contributed by atoms with Crippen molar-refractivity contribution in [1.29, 1.82) is 0 Å². The second-order valence-electron chi connectivity index (χ2n) is 4.51. The molecule has 1 aromatic carbocycles. The number of carbonyl (C=O) groups excluding carboxylic acids is 2. The largest absolute Gasteiger partial charge is 0.336 e. The molecule has 104 valence electrons. The quantitative estimate of drug-likeness (QED) is 0.630. The van der Waals surface area contributed by atoms with Crippen molar-refractivity contribution < 1.29 is 9.59 Å². The van der Waals surface area contributed by atoms with Crippen LogP contribution in [0.3, 0.4) is 0 Å². The number of carbonyl (C=O) groups is 2. The van der Waals surface area contributed by atoms with Crippen LogP contribution in [-0.2, 0) is 11.3 Å². The smallest absolute Gasteiger partial charge is 0.298 e. The molecule has 1 saturated heterocycles. The Morgan fingerprint density at radius 2 is 2.10 bits per heavy atom. The molecule has 21 heavy (non-hydrogen) atoms. The van der Waals surface area contributed by atoms with Crippen LogP contribution in [0.1, 0.15) is 6.92 Å². The molecule has 0 aliphatic carbocycles. The lowest BCUT2D eigenvalue weighted by atomic mass is 10.2. The number of aromatic nitrogens is 1. The fourth-order valence-corrected chi connectivity index (χ4v) is 2.98. The maximum Gasteiger partial charge on any atom is 0.298 e. The summed E-state index contributed by atoms with van der Waals surface area (Å²) in [5.41, 5.74) is 1.54. The third-order valence-electron chi connectivity index (χ3n) is 3.29. The summed E-state index contributed by atoms with van der Waals surface area (Å²) in [7, 11) is 0. The Balaban J connectivity index is 2.13. The topological polar surface area (TPSA) is 42.3 Å².